The molecule has 2 aromatic heterocycles. The molecule has 7 heteroatoms. The van der Waals surface area contributed by atoms with Crippen LogP contribution in [0.1, 0.15) is 42.2 Å². The molecular formula is C20H24N6O. The second kappa shape index (κ2) is 7.90. The topological polar surface area (TPSA) is 122 Å². The first-order chi connectivity index (χ1) is 13.0. The summed E-state index contributed by atoms with van der Waals surface area (Å²) in [6.07, 6.45) is 4.47. The Kier molecular flexibility index (Phi) is 5.40. The second-order valence-corrected chi connectivity index (χ2v) is 6.40. The van der Waals surface area contributed by atoms with Gasteiger partial charge in [-0.1, -0.05) is 13.0 Å². The number of primary amides is 1. The first-order valence-electron chi connectivity index (χ1n) is 8.94. The zero-order valence-corrected chi connectivity index (χ0v) is 15.5. The minimum atomic E-state index is -0.471. The van der Waals surface area contributed by atoms with Gasteiger partial charge in [0.1, 0.15) is 5.65 Å². The van der Waals surface area contributed by atoms with Crippen molar-refractivity contribution in [2.45, 2.75) is 26.3 Å². The fraction of sp³-hybridized carbons (Fsp3) is 0.250. The maximum absolute atomic E-state index is 12.0. The van der Waals surface area contributed by atoms with Gasteiger partial charge >= 0.3 is 0 Å². The van der Waals surface area contributed by atoms with E-state index < -0.39 is 5.91 Å². The Morgan fingerprint density at radius 1 is 1.26 bits per heavy atom. The van der Waals surface area contributed by atoms with Crippen LogP contribution in [0.3, 0.4) is 0 Å². The van der Waals surface area contributed by atoms with E-state index in [0.717, 1.165) is 34.1 Å². The van der Waals surface area contributed by atoms with E-state index in [9.17, 15) is 4.79 Å². The number of nitrogens with one attached hydrogen (secondary N) is 2. The Morgan fingerprint density at radius 3 is 2.81 bits per heavy atom. The number of hydrogen-bond donors (Lipinski definition) is 4. The maximum atomic E-state index is 12.0. The van der Waals surface area contributed by atoms with Crippen LogP contribution in [-0.4, -0.2) is 28.4 Å². The summed E-state index contributed by atoms with van der Waals surface area (Å²) < 4.78 is 0. The molecule has 0 fully saturated rings. The molecule has 0 aliphatic carbocycles. The van der Waals surface area contributed by atoms with Crippen molar-refractivity contribution in [1.82, 2.24) is 15.3 Å². The molecular weight excluding hydrogens is 340 g/mol. The number of benzene rings is 1. The third kappa shape index (κ3) is 3.92. The van der Waals surface area contributed by atoms with Crippen LogP contribution in [0, 0.1) is 0 Å². The molecule has 1 atom stereocenters. The third-order valence-corrected chi connectivity index (χ3v) is 4.43. The summed E-state index contributed by atoms with van der Waals surface area (Å²) in [6.45, 7) is 4.72. The molecule has 27 heavy (non-hydrogen) atoms. The summed E-state index contributed by atoms with van der Waals surface area (Å²) in [4.78, 5) is 23.7. The number of fused-ring (bicyclic) bond motifs is 1. The molecule has 0 saturated carbocycles. The number of amides is 1. The molecule has 0 aliphatic rings. The molecule has 1 amide bonds. The number of carbonyl (C=O) groups is 1. The molecule has 0 bridgehead atoms. The summed E-state index contributed by atoms with van der Waals surface area (Å²) in [5, 5.41) is 4.12. The smallest absolute Gasteiger partial charge is 0.249 e. The number of aromatic nitrogens is 2. The van der Waals surface area contributed by atoms with Crippen LogP contribution >= 0.6 is 0 Å². The summed E-state index contributed by atoms with van der Waals surface area (Å²) in [5.74, 6) is -0.0662. The van der Waals surface area contributed by atoms with Crippen molar-refractivity contribution >= 4 is 22.9 Å². The van der Waals surface area contributed by atoms with Crippen molar-refractivity contribution in [3.05, 3.63) is 53.9 Å². The number of nitrogens with zero attached hydrogens (tertiary/aromatic N) is 2. The summed E-state index contributed by atoms with van der Waals surface area (Å²) in [7, 11) is 0. The van der Waals surface area contributed by atoms with E-state index in [0.29, 0.717) is 18.1 Å². The second-order valence-electron chi connectivity index (χ2n) is 6.40. The molecule has 0 radical (unpaired) electrons. The number of aliphatic imine (C=N–C) groups is 1. The van der Waals surface area contributed by atoms with Gasteiger partial charge in [0, 0.05) is 29.9 Å². The van der Waals surface area contributed by atoms with Crippen molar-refractivity contribution in [3.8, 4) is 11.1 Å². The summed E-state index contributed by atoms with van der Waals surface area (Å²) in [6, 6.07) is 9.35. The van der Waals surface area contributed by atoms with Crippen LogP contribution in [-0.2, 0) is 0 Å². The highest BCUT2D eigenvalue weighted by atomic mass is 16.1. The van der Waals surface area contributed by atoms with Gasteiger partial charge < -0.3 is 21.8 Å². The number of H-pyrrole nitrogens is 1. The minimum Gasteiger partial charge on any atom is -0.370 e. The Morgan fingerprint density at radius 2 is 2.07 bits per heavy atom. The highest BCUT2D eigenvalue weighted by molar-refractivity contribution is 6.04. The first kappa shape index (κ1) is 18.4. The molecule has 3 rings (SSSR count). The first-order valence-corrected chi connectivity index (χ1v) is 8.94. The molecule has 1 unspecified atom stereocenters. The Labute approximate surface area is 157 Å². The van der Waals surface area contributed by atoms with Gasteiger partial charge in [0.2, 0.25) is 5.91 Å². The molecule has 0 spiro atoms. The Hall–Kier alpha value is -3.35. The highest BCUT2D eigenvalue weighted by Crippen LogP contribution is 2.31. The zero-order valence-electron chi connectivity index (χ0n) is 15.5. The molecule has 140 valence electrons. The van der Waals surface area contributed by atoms with Crippen LogP contribution in [0.5, 0.6) is 0 Å². The van der Waals surface area contributed by atoms with Gasteiger partial charge in [-0.25, -0.2) is 4.98 Å². The molecule has 0 saturated heterocycles. The average molecular weight is 364 g/mol. The highest BCUT2D eigenvalue weighted by Gasteiger charge is 2.16. The van der Waals surface area contributed by atoms with Crippen molar-refractivity contribution < 1.29 is 4.79 Å². The van der Waals surface area contributed by atoms with Gasteiger partial charge in [0.25, 0.3) is 0 Å². The molecule has 0 aliphatic heterocycles. The lowest BCUT2D eigenvalue weighted by molar-refractivity contribution is 0.100. The lowest BCUT2D eigenvalue weighted by Crippen LogP contribution is -2.34. The van der Waals surface area contributed by atoms with Gasteiger partial charge in [-0.3, -0.25) is 9.79 Å². The van der Waals surface area contributed by atoms with Crippen molar-refractivity contribution in [3.63, 3.8) is 0 Å². The van der Waals surface area contributed by atoms with E-state index >= 15 is 0 Å². The van der Waals surface area contributed by atoms with Crippen LogP contribution in [0.4, 0.5) is 0 Å². The maximum Gasteiger partial charge on any atom is 0.249 e. The SMILES string of the molecule is CCCN=C(N)NC(C)c1ccc(C(N)=O)c(-c2ccnc3[nH]ccc23)c1. The van der Waals surface area contributed by atoms with E-state index in [1.807, 2.05) is 44.3 Å². The fourth-order valence-corrected chi connectivity index (χ4v) is 3.05. The van der Waals surface area contributed by atoms with Crippen molar-refractivity contribution in [1.29, 1.82) is 0 Å². The lowest BCUT2D eigenvalue weighted by Gasteiger charge is -2.17. The third-order valence-electron chi connectivity index (χ3n) is 4.43. The molecule has 3 aromatic rings. The molecule has 2 heterocycles. The van der Waals surface area contributed by atoms with Crippen LogP contribution < -0.4 is 16.8 Å². The van der Waals surface area contributed by atoms with Crippen molar-refractivity contribution in [2.75, 3.05) is 6.54 Å². The fourth-order valence-electron chi connectivity index (χ4n) is 3.05. The van der Waals surface area contributed by atoms with Gasteiger partial charge in [-0.05, 0) is 54.3 Å². The number of aromatic amines is 1. The molecule has 6 N–H and O–H groups in total. The summed E-state index contributed by atoms with van der Waals surface area (Å²) in [5.41, 5.74) is 15.4. The largest absolute Gasteiger partial charge is 0.370 e. The summed E-state index contributed by atoms with van der Waals surface area (Å²) >= 11 is 0. The minimum absolute atomic E-state index is 0.0742. The zero-order chi connectivity index (χ0) is 19.4. The molecule has 7 nitrogen and oxygen atoms in total. The average Bonchev–Trinajstić information content (AvgIpc) is 3.14. The number of carbonyl (C=O) groups excluding carboxylic acids is 1. The molecule has 1 aromatic carbocycles. The van der Waals surface area contributed by atoms with E-state index in [4.69, 9.17) is 11.5 Å². The van der Waals surface area contributed by atoms with E-state index in [1.165, 1.54) is 0 Å². The van der Waals surface area contributed by atoms with Gasteiger partial charge in [0.15, 0.2) is 5.96 Å². The van der Waals surface area contributed by atoms with Crippen LogP contribution in [0.25, 0.3) is 22.2 Å². The predicted molar refractivity (Wildman–Crippen MR) is 108 cm³/mol. The quantitative estimate of drug-likeness (QED) is 0.397. The monoisotopic (exact) mass is 364 g/mol. The van der Waals surface area contributed by atoms with E-state index in [-0.39, 0.29) is 6.04 Å². The lowest BCUT2D eigenvalue weighted by atomic mass is 9.94. The Bertz CT molecular complexity index is 991. The Balaban J connectivity index is 2.04. The number of pyridine rings is 1. The van der Waals surface area contributed by atoms with Gasteiger partial charge in [-0.15, -0.1) is 0 Å². The van der Waals surface area contributed by atoms with E-state index in [2.05, 4.69) is 20.3 Å². The van der Waals surface area contributed by atoms with E-state index in [1.54, 1.807) is 12.3 Å². The van der Waals surface area contributed by atoms with Gasteiger partial charge in [0.05, 0.1) is 6.04 Å². The van der Waals surface area contributed by atoms with Gasteiger partial charge in [-0.2, -0.15) is 0 Å². The number of nitrogens with two attached hydrogens (primary N) is 2. The standard InChI is InChI=1S/C20H24N6O/c1-3-8-25-20(22)26-12(2)13-4-5-15(18(21)27)17(11-13)14-6-9-23-19-16(14)7-10-24-19/h4-7,9-12H,3,8H2,1-2H3,(H2,21,27)(H,23,24)(H3,22,25,26). The number of guanidine groups is 1. The van der Waals surface area contributed by atoms with Crippen molar-refractivity contribution in [2.24, 2.45) is 16.5 Å². The number of hydrogen-bond acceptors (Lipinski definition) is 3. The number of rotatable bonds is 6. The normalized spacial score (nSPS) is 12.9. The predicted octanol–water partition coefficient (Wildman–Crippen LogP) is 2.70. The van der Waals surface area contributed by atoms with Crippen LogP contribution in [0.15, 0.2) is 47.7 Å². The van der Waals surface area contributed by atoms with Crippen LogP contribution in [0.2, 0.25) is 0 Å².